The molecule has 0 amide bonds. The van der Waals surface area contributed by atoms with Gasteiger partial charge in [0.05, 0.1) is 7.05 Å². The van der Waals surface area contributed by atoms with E-state index >= 15 is 0 Å². The van der Waals surface area contributed by atoms with Gasteiger partial charge in [-0.25, -0.2) is 9.13 Å². The molecule has 126 valence electrons. The van der Waals surface area contributed by atoms with Crippen molar-refractivity contribution >= 4 is 22.8 Å². The fraction of sp³-hybridized carbons (Fsp3) is 0.600. The van der Waals surface area contributed by atoms with Gasteiger partial charge in [0, 0.05) is 5.41 Å². The smallest absolute Gasteiger partial charge is 0.295 e. The third-order valence-electron chi connectivity index (χ3n) is 7.09. The topological polar surface area (TPSA) is 51.9 Å². The summed E-state index contributed by atoms with van der Waals surface area (Å²) >= 11 is 0. The number of nitrogens with two attached hydrogens (primary N) is 1. The molecule has 0 aliphatic heterocycles. The Bertz CT molecular complexity index is 799. The number of para-hydroxylation sites is 2. The molecule has 6 rings (SSSR count). The zero-order chi connectivity index (χ0) is 16.5. The molecule has 1 aromatic heterocycles. The summed E-state index contributed by atoms with van der Waals surface area (Å²) in [4.78, 5) is 13.4. The van der Waals surface area contributed by atoms with Crippen LogP contribution in [0.5, 0.6) is 0 Å². The van der Waals surface area contributed by atoms with Gasteiger partial charge in [-0.3, -0.25) is 10.5 Å². The maximum Gasteiger partial charge on any atom is 0.356 e. The first-order chi connectivity index (χ1) is 11.6. The maximum absolute atomic E-state index is 13.4. The summed E-state index contributed by atoms with van der Waals surface area (Å²) in [6, 6.07) is 8.18. The Hall–Kier alpha value is -1.84. The number of hydrogen-bond donors (Lipinski definition) is 1. The number of Topliss-reactive ketones (excluding diaryl/α,β-unsaturated/α-hetero) is 1. The van der Waals surface area contributed by atoms with Gasteiger partial charge in [-0.05, 0) is 68.4 Å². The summed E-state index contributed by atoms with van der Waals surface area (Å²) < 4.78 is 4.01. The summed E-state index contributed by atoms with van der Waals surface area (Å²) in [5.41, 5.74) is 8.43. The van der Waals surface area contributed by atoms with Crippen LogP contribution in [0.15, 0.2) is 24.3 Å². The number of aryl methyl sites for hydroxylation is 1. The normalized spacial score (nSPS) is 34.1. The summed E-state index contributed by atoms with van der Waals surface area (Å²) in [5, 5.41) is 0. The highest BCUT2D eigenvalue weighted by atomic mass is 16.1. The molecule has 4 bridgehead atoms. The Labute approximate surface area is 142 Å². The minimum atomic E-state index is -0.0505. The molecular weight excluding hydrogens is 298 g/mol. The van der Waals surface area contributed by atoms with E-state index in [0.29, 0.717) is 18.3 Å². The molecule has 1 heterocycles. The van der Waals surface area contributed by atoms with Crippen LogP contribution in [-0.4, -0.2) is 10.4 Å². The summed E-state index contributed by atoms with van der Waals surface area (Å²) in [6.45, 7) is 0.430. The van der Waals surface area contributed by atoms with Gasteiger partial charge in [0.2, 0.25) is 0 Å². The molecule has 4 saturated carbocycles. The van der Waals surface area contributed by atoms with E-state index in [0.717, 1.165) is 48.0 Å². The second-order valence-electron chi connectivity index (χ2n) is 8.61. The minimum absolute atomic E-state index is 0.0505. The number of benzene rings is 1. The van der Waals surface area contributed by atoms with Crippen molar-refractivity contribution in [1.29, 1.82) is 0 Å². The first kappa shape index (κ1) is 14.5. The molecule has 24 heavy (non-hydrogen) atoms. The van der Waals surface area contributed by atoms with Gasteiger partial charge in [0.1, 0.15) is 17.6 Å². The second kappa shape index (κ2) is 4.84. The molecule has 2 N–H and O–H groups in total. The van der Waals surface area contributed by atoms with E-state index in [1.807, 2.05) is 28.3 Å². The van der Waals surface area contributed by atoms with E-state index in [1.165, 1.54) is 19.3 Å². The third kappa shape index (κ3) is 1.92. The van der Waals surface area contributed by atoms with Gasteiger partial charge >= 0.3 is 5.95 Å². The lowest BCUT2D eigenvalue weighted by molar-refractivity contribution is -0.630. The number of rotatable bonds is 3. The molecule has 0 radical (unpaired) electrons. The van der Waals surface area contributed by atoms with Crippen LogP contribution in [0.2, 0.25) is 0 Å². The fourth-order valence-electron chi connectivity index (χ4n) is 6.33. The van der Waals surface area contributed by atoms with E-state index in [4.69, 9.17) is 5.73 Å². The first-order valence-corrected chi connectivity index (χ1v) is 9.32. The average molecular weight is 324 g/mol. The lowest BCUT2D eigenvalue weighted by atomic mass is 9.48. The van der Waals surface area contributed by atoms with Crippen molar-refractivity contribution in [3.63, 3.8) is 0 Å². The predicted molar refractivity (Wildman–Crippen MR) is 93.1 cm³/mol. The SMILES string of the molecule is C[n+]1c(N)n(CC(=O)C23CC4CC(CC(C4)C2)C3)c2ccccc21. The highest BCUT2D eigenvalue weighted by molar-refractivity contribution is 5.87. The number of aromatic nitrogens is 2. The van der Waals surface area contributed by atoms with Gasteiger partial charge < -0.3 is 0 Å². The molecule has 4 nitrogen and oxygen atoms in total. The number of carbonyl (C=O) groups is 1. The maximum atomic E-state index is 13.4. The Morgan fingerprint density at radius 3 is 2.38 bits per heavy atom. The molecule has 4 fully saturated rings. The van der Waals surface area contributed by atoms with Gasteiger partial charge in [-0.1, -0.05) is 12.1 Å². The molecule has 0 atom stereocenters. The Morgan fingerprint density at radius 2 is 1.75 bits per heavy atom. The largest absolute Gasteiger partial charge is 0.356 e. The predicted octanol–water partition coefficient (Wildman–Crippen LogP) is 2.83. The third-order valence-corrected chi connectivity index (χ3v) is 7.09. The quantitative estimate of drug-likeness (QED) is 0.883. The fourth-order valence-corrected chi connectivity index (χ4v) is 6.33. The number of nitrogen functional groups attached to an aromatic ring is 1. The van der Waals surface area contributed by atoms with Crippen molar-refractivity contribution in [2.24, 2.45) is 30.2 Å². The van der Waals surface area contributed by atoms with Gasteiger partial charge in [0.15, 0.2) is 5.78 Å². The van der Waals surface area contributed by atoms with Crippen LogP contribution >= 0.6 is 0 Å². The van der Waals surface area contributed by atoms with Crippen LogP contribution in [0.25, 0.3) is 11.0 Å². The van der Waals surface area contributed by atoms with Crippen molar-refractivity contribution in [3.05, 3.63) is 24.3 Å². The van der Waals surface area contributed by atoms with Crippen molar-refractivity contribution in [1.82, 2.24) is 4.57 Å². The summed E-state index contributed by atoms with van der Waals surface area (Å²) in [7, 11) is 1.98. The number of anilines is 1. The first-order valence-electron chi connectivity index (χ1n) is 9.32. The van der Waals surface area contributed by atoms with E-state index < -0.39 is 0 Å². The Balaban J connectivity index is 1.51. The van der Waals surface area contributed by atoms with Crippen molar-refractivity contribution in [3.8, 4) is 0 Å². The number of carbonyl (C=O) groups excluding carboxylic acids is 1. The molecular formula is C20H26N3O+. The molecule has 2 aromatic rings. The summed E-state index contributed by atoms with van der Waals surface area (Å²) in [6.07, 6.45) is 7.50. The van der Waals surface area contributed by atoms with E-state index in [1.54, 1.807) is 0 Å². The van der Waals surface area contributed by atoms with Crippen molar-refractivity contribution in [2.45, 2.75) is 45.1 Å². The highest BCUT2D eigenvalue weighted by Gasteiger charge is 2.54. The van der Waals surface area contributed by atoms with E-state index in [9.17, 15) is 4.79 Å². The minimum Gasteiger partial charge on any atom is -0.295 e. The molecule has 4 heteroatoms. The molecule has 1 aromatic carbocycles. The second-order valence-corrected chi connectivity index (χ2v) is 8.61. The van der Waals surface area contributed by atoms with E-state index in [2.05, 4.69) is 12.1 Å². The molecule has 0 spiro atoms. The van der Waals surface area contributed by atoms with Crippen LogP contribution in [0.4, 0.5) is 5.95 Å². The van der Waals surface area contributed by atoms with Crippen LogP contribution in [0, 0.1) is 23.2 Å². The van der Waals surface area contributed by atoms with E-state index in [-0.39, 0.29) is 5.41 Å². The lowest BCUT2D eigenvalue weighted by Crippen LogP contribution is -2.51. The zero-order valence-electron chi connectivity index (χ0n) is 14.4. The van der Waals surface area contributed by atoms with Crippen molar-refractivity contribution < 1.29 is 9.36 Å². The number of hydrogen-bond acceptors (Lipinski definition) is 2. The van der Waals surface area contributed by atoms with Crippen molar-refractivity contribution in [2.75, 3.05) is 5.73 Å². The molecule has 0 unspecified atom stereocenters. The zero-order valence-corrected chi connectivity index (χ0v) is 14.4. The molecule has 4 aliphatic carbocycles. The molecule has 4 aliphatic rings. The standard InChI is InChI=1S/C20H25N3O/c1-22-16-4-2-3-5-17(16)23(19(22)21)12-18(24)20-9-13-6-14(10-20)8-15(7-13)11-20/h2-5,13-15,21H,6-12H2,1H3/p+1. The van der Waals surface area contributed by atoms with Crippen LogP contribution in [-0.2, 0) is 18.4 Å². The number of fused-ring (bicyclic) bond motifs is 1. The average Bonchev–Trinajstić information content (AvgIpc) is 2.79. The van der Waals surface area contributed by atoms with Gasteiger partial charge in [-0.2, -0.15) is 0 Å². The lowest BCUT2D eigenvalue weighted by Gasteiger charge is -2.55. The summed E-state index contributed by atoms with van der Waals surface area (Å²) in [5.74, 6) is 3.50. The highest BCUT2D eigenvalue weighted by Crippen LogP contribution is 2.60. The Morgan fingerprint density at radius 1 is 1.17 bits per heavy atom. The van der Waals surface area contributed by atoms with Crippen LogP contribution in [0.1, 0.15) is 38.5 Å². The Kier molecular flexibility index (Phi) is 2.92. The number of nitrogens with zero attached hydrogens (tertiary/aromatic N) is 2. The number of ketones is 1. The molecule has 0 saturated heterocycles. The van der Waals surface area contributed by atoms with Crippen LogP contribution in [0.3, 0.4) is 0 Å². The van der Waals surface area contributed by atoms with Gasteiger partial charge in [0.25, 0.3) is 0 Å². The van der Waals surface area contributed by atoms with Gasteiger partial charge in [-0.15, -0.1) is 0 Å². The van der Waals surface area contributed by atoms with Crippen LogP contribution < -0.4 is 10.3 Å². The number of imidazole rings is 1. The monoisotopic (exact) mass is 324 g/mol.